The Balaban J connectivity index is 0.00000225. The topological polar surface area (TPSA) is 44.5 Å². The van der Waals surface area contributed by atoms with E-state index in [4.69, 9.17) is 15.2 Å². The Labute approximate surface area is 116 Å². The van der Waals surface area contributed by atoms with Gasteiger partial charge in [-0.15, -0.1) is 12.4 Å². The highest BCUT2D eigenvalue weighted by molar-refractivity contribution is 14.1. The van der Waals surface area contributed by atoms with E-state index in [-0.39, 0.29) is 18.4 Å². The standard InChI is InChI=1S/C11H16INO2.ClH/c1-7(13)4-8-5-11(15-3)9(12)6-10(8)14-2;/h5-7H,4,13H2,1-3H3;1H/t7-;/m0./s1. The van der Waals surface area contributed by atoms with E-state index in [1.807, 2.05) is 19.1 Å². The quantitative estimate of drug-likeness (QED) is 0.843. The van der Waals surface area contributed by atoms with E-state index in [1.54, 1.807) is 14.2 Å². The minimum absolute atomic E-state index is 0. The lowest BCUT2D eigenvalue weighted by molar-refractivity contribution is 0.395. The molecule has 1 atom stereocenters. The lowest BCUT2D eigenvalue weighted by Crippen LogP contribution is -2.18. The molecule has 0 saturated heterocycles. The van der Waals surface area contributed by atoms with Crippen LogP contribution in [0.15, 0.2) is 12.1 Å². The maximum atomic E-state index is 5.78. The molecule has 0 aromatic heterocycles. The van der Waals surface area contributed by atoms with Crippen molar-refractivity contribution in [3.05, 3.63) is 21.3 Å². The van der Waals surface area contributed by atoms with Crippen molar-refractivity contribution in [3.63, 3.8) is 0 Å². The van der Waals surface area contributed by atoms with Crippen LogP contribution in [0.5, 0.6) is 11.5 Å². The van der Waals surface area contributed by atoms with Crippen molar-refractivity contribution in [2.24, 2.45) is 5.73 Å². The Morgan fingerprint density at radius 1 is 1.25 bits per heavy atom. The second-order valence-corrected chi connectivity index (χ2v) is 4.64. The van der Waals surface area contributed by atoms with E-state index < -0.39 is 0 Å². The van der Waals surface area contributed by atoms with E-state index in [0.717, 1.165) is 27.1 Å². The van der Waals surface area contributed by atoms with Crippen LogP contribution in [0.4, 0.5) is 0 Å². The zero-order valence-corrected chi connectivity index (χ0v) is 12.6. The molecule has 92 valence electrons. The molecule has 5 heteroatoms. The summed E-state index contributed by atoms with van der Waals surface area (Å²) in [5, 5.41) is 0. The molecule has 0 bridgehead atoms. The summed E-state index contributed by atoms with van der Waals surface area (Å²) in [6, 6.07) is 4.07. The van der Waals surface area contributed by atoms with Gasteiger partial charge in [-0.25, -0.2) is 0 Å². The second-order valence-electron chi connectivity index (χ2n) is 3.48. The summed E-state index contributed by atoms with van der Waals surface area (Å²) in [4.78, 5) is 0. The van der Waals surface area contributed by atoms with Crippen molar-refractivity contribution in [3.8, 4) is 11.5 Å². The van der Waals surface area contributed by atoms with Gasteiger partial charge in [0.15, 0.2) is 0 Å². The van der Waals surface area contributed by atoms with Crippen molar-refractivity contribution < 1.29 is 9.47 Å². The van der Waals surface area contributed by atoms with Crippen LogP contribution in [0, 0.1) is 3.57 Å². The molecule has 3 nitrogen and oxygen atoms in total. The van der Waals surface area contributed by atoms with E-state index in [2.05, 4.69) is 22.6 Å². The number of hydrogen-bond acceptors (Lipinski definition) is 3. The number of rotatable bonds is 4. The number of halogens is 2. The summed E-state index contributed by atoms with van der Waals surface area (Å²) < 4.78 is 11.6. The monoisotopic (exact) mass is 357 g/mol. The lowest BCUT2D eigenvalue weighted by Gasteiger charge is -2.13. The Morgan fingerprint density at radius 3 is 2.25 bits per heavy atom. The SMILES string of the molecule is COc1cc(C[C@H](C)N)c(OC)cc1I.Cl. The molecule has 0 radical (unpaired) electrons. The molecule has 0 fully saturated rings. The molecule has 2 N–H and O–H groups in total. The summed E-state index contributed by atoms with van der Waals surface area (Å²) in [5.41, 5.74) is 6.87. The molecule has 0 saturated carbocycles. The van der Waals surface area contributed by atoms with E-state index >= 15 is 0 Å². The molecule has 0 unspecified atom stereocenters. The first-order valence-corrected chi connectivity index (χ1v) is 5.82. The highest BCUT2D eigenvalue weighted by Gasteiger charge is 2.10. The van der Waals surface area contributed by atoms with Crippen molar-refractivity contribution >= 4 is 35.0 Å². The first-order valence-electron chi connectivity index (χ1n) is 4.74. The zero-order valence-electron chi connectivity index (χ0n) is 9.62. The Morgan fingerprint density at radius 2 is 1.81 bits per heavy atom. The predicted molar refractivity (Wildman–Crippen MR) is 76.9 cm³/mol. The average molecular weight is 358 g/mol. The molecule has 0 heterocycles. The number of methoxy groups -OCH3 is 2. The molecule has 1 aromatic rings. The van der Waals surface area contributed by atoms with Crippen molar-refractivity contribution in [2.45, 2.75) is 19.4 Å². The third-order valence-electron chi connectivity index (χ3n) is 2.10. The van der Waals surface area contributed by atoms with E-state index in [9.17, 15) is 0 Å². The van der Waals surface area contributed by atoms with Gasteiger partial charge in [0, 0.05) is 6.04 Å². The fraction of sp³-hybridized carbons (Fsp3) is 0.455. The summed E-state index contributed by atoms with van der Waals surface area (Å²) in [5.74, 6) is 1.74. The molecule has 0 aliphatic carbocycles. The Hall–Kier alpha value is -0.200. The predicted octanol–water partition coefficient (Wildman–Crippen LogP) is 2.62. The molecule has 1 rings (SSSR count). The van der Waals surface area contributed by atoms with Crippen LogP contribution in [-0.4, -0.2) is 20.3 Å². The summed E-state index contributed by atoms with van der Waals surface area (Å²) >= 11 is 2.22. The number of ether oxygens (including phenoxy) is 2. The number of benzene rings is 1. The van der Waals surface area contributed by atoms with Crippen LogP contribution in [0.2, 0.25) is 0 Å². The fourth-order valence-corrected chi connectivity index (χ4v) is 2.09. The van der Waals surface area contributed by atoms with Gasteiger partial charge >= 0.3 is 0 Å². The summed E-state index contributed by atoms with van der Waals surface area (Å²) in [6.45, 7) is 1.98. The van der Waals surface area contributed by atoms with Crippen LogP contribution in [0.3, 0.4) is 0 Å². The molecule has 0 aliphatic rings. The van der Waals surface area contributed by atoms with Gasteiger partial charge in [0.05, 0.1) is 17.8 Å². The third-order valence-corrected chi connectivity index (χ3v) is 2.94. The minimum atomic E-state index is 0. The van der Waals surface area contributed by atoms with E-state index in [0.29, 0.717) is 0 Å². The molecule has 0 spiro atoms. The van der Waals surface area contributed by atoms with Crippen LogP contribution in [0.25, 0.3) is 0 Å². The molecular formula is C11H17ClINO2. The molecule has 0 aliphatic heterocycles. The Kier molecular flexibility index (Phi) is 7.10. The summed E-state index contributed by atoms with van der Waals surface area (Å²) in [6.07, 6.45) is 0.788. The maximum Gasteiger partial charge on any atom is 0.132 e. The fourth-order valence-electron chi connectivity index (χ4n) is 1.43. The van der Waals surface area contributed by atoms with Crippen molar-refractivity contribution in [1.29, 1.82) is 0 Å². The minimum Gasteiger partial charge on any atom is -0.496 e. The van der Waals surface area contributed by atoms with Gasteiger partial charge in [0.25, 0.3) is 0 Å². The number of hydrogen-bond donors (Lipinski definition) is 1. The highest BCUT2D eigenvalue weighted by atomic mass is 127. The van der Waals surface area contributed by atoms with Gasteiger partial charge in [-0.3, -0.25) is 0 Å². The lowest BCUT2D eigenvalue weighted by atomic mass is 10.1. The van der Waals surface area contributed by atoms with Crippen LogP contribution < -0.4 is 15.2 Å². The highest BCUT2D eigenvalue weighted by Crippen LogP contribution is 2.30. The zero-order chi connectivity index (χ0) is 11.4. The molecule has 1 aromatic carbocycles. The van der Waals surface area contributed by atoms with Gasteiger partial charge in [0.2, 0.25) is 0 Å². The van der Waals surface area contributed by atoms with Gasteiger partial charge < -0.3 is 15.2 Å². The van der Waals surface area contributed by atoms with Crippen molar-refractivity contribution in [1.82, 2.24) is 0 Å². The first-order chi connectivity index (χ1) is 7.08. The van der Waals surface area contributed by atoms with Crippen molar-refractivity contribution in [2.75, 3.05) is 14.2 Å². The third kappa shape index (κ3) is 3.99. The smallest absolute Gasteiger partial charge is 0.132 e. The van der Waals surface area contributed by atoms with Gasteiger partial charge in [-0.05, 0) is 53.6 Å². The Bertz CT molecular complexity index is 345. The average Bonchev–Trinajstić information content (AvgIpc) is 2.19. The van der Waals surface area contributed by atoms with E-state index in [1.165, 1.54) is 0 Å². The van der Waals surface area contributed by atoms with Gasteiger partial charge in [-0.2, -0.15) is 0 Å². The van der Waals surface area contributed by atoms with Crippen LogP contribution in [0.1, 0.15) is 12.5 Å². The second kappa shape index (κ2) is 7.19. The van der Waals surface area contributed by atoms with Crippen LogP contribution in [-0.2, 0) is 6.42 Å². The molecular weight excluding hydrogens is 340 g/mol. The number of nitrogens with two attached hydrogens (primary N) is 1. The summed E-state index contributed by atoms with van der Waals surface area (Å²) in [7, 11) is 3.34. The normalized spacial score (nSPS) is 11.6. The maximum absolute atomic E-state index is 5.78. The van der Waals surface area contributed by atoms with Gasteiger partial charge in [-0.1, -0.05) is 0 Å². The molecule has 16 heavy (non-hydrogen) atoms. The van der Waals surface area contributed by atoms with Crippen LogP contribution >= 0.6 is 35.0 Å². The largest absolute Gasteiger partial charge is 0.496 e. The molecule has 0 amide bonds. The van der Waals surface area contributed by atoms with Gasteiger partial charge in [0.1, 0.15) is 11.5 Å². The first kappa shape index (κ1) is 15.8.